The highest BCUT2D eigenvalue weighted by atomic mass is 35.5. The zero-order chi connectivity index (χ0) is 52.2. The number of halogens is 2. The molecule has 73 heavy (non-hydrogen) atoms. The summed E-state index contributed by atoms with van der Waals surface area (Å²) < 4.78 is 11.7. The van der Waals surface area contributed by atoms with Gasteiger partial charge in [-0.15, -0.1) is 0 Å². The van der Waals surface area contributed by atoms with E-state index in [0.717, 1.165) is 76.7 Å². The molecule has 0 unspecified atom stereocenters. The maximum atomic E-state index is 13.1. The summed E-state index contributed by atoms with van der Waals surface area (Å²) in [6.45, 7) is 10.4. The Morgan fingerprint density at radius 1 is 0.699 bits per heavy atom. The molecule has 2 aliphatic rings. The lowest BCUT2D eigenvalue weighted by atomic mass is 9.97. The Labute approximate surface area is 435 Å². The minimum Gasteiger partial charge on any atom is -0.444 e. The first kappa shape index (κ1) is 50.4. The summed E-state index contributed by atoms with van der Waals surface area (Å²) in [5.41, 5.74) is 7.34. The highest BCUT2D eigenvalue weighted by Crippen LogP contribution is 2.35. The zero-order valence-electron chi connectivity index (χ0n) is 42.2. The van der Waals surface area contributed by atoms with Gasteiger partial charge in [-0.05, 0) is 102 Å². The lowest BCUT2D eigenvalue weighted by Crippen LogP contribution is -2.45. The molecule has 7 N–H and O–H groups in total. The van der Waals surface area contributed by atoms with Crippen LogP contribution in [0.15, 0.2) is 122 Å². The third-order valence-electron chi connectivity index (χ3n) is 12.1. The van der Waals surface area contributed by atoms with Crippen molar-refractivity contribution in [2.75, 3.05) is 47.4 Å². The van der Waals surface area contributed by atoms with E-state index in [0.29, 0.717) is 71.1 Å². The number of aromatic amines is 2. The number of para-hydroxylation sites is 2. The van der Waals surface area contributed by atoms with Crippen LogP contribution in [0.4, 0.5) is 39.4 Å². The number of amides is 3. The standard InChI is InChI=1S/C29H31ClN6O3.C24H23ClN6O.C2H6/c1-29(2,3)39-28(38)36-13-7-8-18(17-36)26(37)33-19-9-6-10-20(14-19)34-27-32-16-23(30)25(35-27)22-15-31-24-12-5-4-11-21(22)24;25-20-14-28-24(31-22(20)19-13-27-21-9-2-1-8-18(19)21)30-17-7-3-6-16(11-17)29-23(32)15-5-4-10-26-12-15;1-2/h4-6,9-12,14-16,18,31H,7-8,13,17H2,1-3H3,(H,33,37)(H,32,34,35);1-3,6-9,11,13-15,26-27H,4-5,10,12H2,(H,29,32)(H,28,30,31);1-2H3/t18-;15-;/m00./s1/i;;1D. The molecule has 10 rings (SSSR count). The first-order valence-electron chi connectivity index (χ1n) is 25.0. The average Bonchev–Trinajstić information content (AvgIpc) is 4.03. The van der Waals surface area contributed by atoms with Gasteiger partial charge in [0.2, 0.25) is 23.7 Å². The third kappa shape index (κ3) is 13.3. The van der Waals surface area contributed by atoms with Gasteiger partial charge in [0.05, 0.1) is 45.7 Å². The topological polar surface area (TPSA) is 207 Å². The van der Waals surface area contributed by atoms with Crippen molar-refractivity contribution in [1.29, 1.82) is 0 Å². The molecule has 2 saturated heterocycles. The third-order valence-corrected chi connectivity index (χ3v) is 12.6. The molecule has 0 bridgehead atoms. The van der Waals surface area contributed by atoms with E-state index in [9.17, 15) is 14.4 Å². The number of hydrogen-bond donors (Lipinski definition) is 7. The van der Waals surface area contributed by atoms with Crippen LogP contribution in [0.3, 0.4) is 0 Å². The number of benzene rings is 4. The SMILES string of the molecule is CC(C)(C)OC(=O)N1CCC[C@H](C(=O)Nc2cccc(Nc3ncc(Cl)c(-c4c[nH]c5ccccc45)n3)c2)C1.O=C(Nc1cccc(Nc2ncc(Cl)c(-c3c[nH]c4ccccc34)n2)c1)[C@H]1CCCNC1.[2H]CC. The van der Waals surface area contributed by atoms with E-state index in [1.807, 2.05) is 130 Å². The Hall–Kier alpha value is -7.53. The van der Waals surface area contributed by atoms with Crippen LogP contribution < -0.4 is 26.6 Å². The van der Waals surface area contributed by atoms with E-state index in [1.165, 1.54) is 0 Å². The maximum Gasteiger partial charge on any atom is 0.410 e. The van der Waals surface area contributed by atoms with Gasteiger partial charge < -0.3 is 46.2 Å². The molecule has 16 nitrogen and oxygen atoms in total. The molecule has 18 heteroatoms. The Balaban J connectivity index is 0.000000190. The summed E-state index contributed by atoms with van der Waals surface area (Å²) in [6.07, 6.45) is 9.94. The second kappa shape index (κ2) is 23.8. The van der Waals surface area contributed by atoms with Crippen LogP contribution >= 0.6 is 23.2 Å². The van der Waals surface area contributed by atoms with Crippen molar-refractivity contribution in [3.05, 3.63) is 132 Å². The smallest absolute Gasteiger partial charge is 0.410 e. The number of likely N-dealkylation sites (tertiary alicyclic amines) is 1. The maximum absolute atomic E-state index is 13.1. The van der Waals surface area contributed by atoms with Gasteiger partial charge in [-0.3, -0.25) is 9.59 Å². The number of rotatable bonds is 10. The highest BCUT2D eigenvalue weighted by molar-refractivity contribution is 6.33. The molecule has 0 saturated carbocycles. The molecular weight excluding hydrogens is 964 g/mol. The first-order valence-corrected chi connectivity index (χ1v) is 25.0. The normalized spacial score (nSPS) is 15.7. The quantitative estimate of drug-likeness (QED) is 0.0686. The summed E-state index contributed by atoms with van der Waals surface area (Å²) in [5, 5.41) is 18.7. The summed E-state index contributed by atoms with van der Waals surface area (Å²) in [4.78, 5) is 64.2. The molecule has 0 radical (unpaired) electrons. The Morgan fingerprint density at radius 2 is 1.19 bits per heavy atom. The molecular formula is C55H60Cl2N12O4. The molecule has 3 amide bonds. The largest absolute Gasteiger partial charge is 0.444 e. The van der Waals surface area contributed by atoms with Crippen molar-refractivity contribution >= 4 is 97.6 Å². The van der Waals surface area contributed by atoms with E-state index in [4.69, 9.17) is 29.3 Å². The molecule has 0 spiro atoms. The van der Waals surface area contributed by atoms with Crippen molar-refractivity contribution < 1.29 is 20.5 Å². The fourth-order valence-corrected chi connectivity index (χ4v) is 9.01. The van der Waals surface area contributed by atoms with E-state index >= 15 is 0 Å². The average molecular weight is 1030 g/mol. The highest BCUT2D eigenvalue weighted by Gasteiger charge is 2.31. The van der Waals surface area contributed by atoms with Crippen molar-refractivity contribution in [2.45, 2.75) is 65.9 Å². The lowest BCUT2D eigenvalue weighted by Gasteiger charge is -2.33. The second-order valence-corrected chi connectivity index (χ2v) is 19.3. The first-order chi connectivity index (χ1) is 35.7. The molecule has 4 aromatic heterocycles. The van der Waals surface area contributed by atoms with Crippen molar-refractivity contribution in [2.24, 2.45) is 11.8 Å². The van der Waals surface area contributed by atoms with E-state index < -0.39 is 5.60 Å². The predicted molar refractivity (Wildman–Crippen MR) is 293 cm³/mol. The summed E-state index contributed by atoms with van der Waals surface area (Å²) in [5.74, 6) is 0.390. The van der Waals surface area contributed by atoms with Gasteiger partial charge in [0, 0.05) is 89.1 Å². The minimum absolute atomic E-state index is 0.00121. The summed E-state index contributed by atoms with van der Waals surface area (Å²) in [6, 6.07) is 30.8. The lowest BCUT2D eigenvalue weighted by molar-refractivity contribution is -0.121. The number of ether oxygens (including phenoxy) is 1. The van der Waals surface area contributed by atoms with Gasteiger partial charge in [0.25, 0.3) is 0 Å². The van der Waals surface area contributed by atoms with Gasteiger partial charge >= 0.3 is 6.09 Å². The monoisotopic (exact) mass is 1020 g/mol. The molecule has 8 aromatic rings. The summed E-state index contributed by atoms with van der Waals surface area (Å²) >= 11 is 12.9. The van der Waals surface area contributed by atoms with Crippen molar-refractivity contribution in [1.82, 2.24) is 40.1 Å². The molecule has 4 aromatic carbocycles. The van der Waals surface area contributed by atoms with Gasteiger partial charge in [-0.25, -0.2) is 24.7 Å². The Kier molecular flexibility index (Phi) is 16.4. The Bertz CT molecular complexity index is 3230. The number of nitrogens with one attached hydrogen (secondary N) is 7. The Morgan fingerprint density at radius 3 is 1.70 bits per heavy atom. The number of carbonyl (C=O) groups is 3. The van der Waals surface area contributed by atoms with Crippen LogP contribution in [-0.4, -0.2) is 84.5 Å². The van der Waals surface area contributed by atoms with Crippen LogP contribution in [-0.2, 0) is 14.3 Å². The predicted octanol–water partition coefficient (Wildman–Crippen LogP) is 12.6. The molecule has 2 atom stereocenters. The van der Waals surface area contributed by atoms with E-state index in [-0.39, 0.29) is 29.7 Å². The number of anilines is 6. The number of H-pyrrole nitrogens is 2. The van der Waals surface area contributed by atoms with Gasteiger partial charge in [-0.2, -0.15) is 0 Å². The molecule has 6 heterocycles. The van der Waals surface area contributed by atoms with E-state index in [2.05, 4.69) is 56.5 Å². The number of piperidine rings is 2. The van der Waals surface area contributed by atoms with Gasteiger partial charge in [0.1, 0.15) is 5.60 Å². The number of hydrogen-bond acceptors (Lipinski definition) is 11. The second-order valence-electron chi connectivity index (χ2n) is 18.5. The van der Waals surface area contributed by atoms with Crippen LogP contribution in [0, 0.1) is 11.8 Å². The zero-order valence-corrected chi connectivity index (χ0v) is 42.7. The number of aromatic nitrogens is 6. The van der Waals surface area contributed by atoms with E-state index in [1.54, 1.807) is 24.2 Å². The van der Waals surface area contributed by atoms with Crippen molar-refractivity contribution in [3.63, 3.8) is 0 Å². The van der Waals surface area contributed by atoms with Crippen LogP contribution in [0.1, 0.15) is 61.6 Å². The van der Waals surface area contributed by atoms with Gasteiger partial charge in [-0.1, -0.05) is 85.6 Å². The number of nitrogens with zero attached hydrogens (tertiary/aromatic N) is 5. The van der Waals surface area contributed by atoms with Crippen LogP contribution in [0.2, 0.25) is 10.0 Å². The number of carbonyl (C=O) groups excluding carboxylic acids is 3. The molecule has 2 fully saturated rings. The summed E-state index contributed by atoms with van der Waals surface area (Å²) in [7, 11) is 0. The molecule has 0 aliphatic carbocycles. The van der Waals surface area contributed by atoms with Crippen molar-refractivity contribution in [3.8, 4) is 22.5 Å². The molecule has 2 aliphatic heterocycles. The van der Waals surface area contributed by atoms with Crippen LogP contribution in [0.5, 0.6) is 0 Å². The van der Waals surface area contributed by atoms with Crippen LogP contribution in [0.25, 0.3) is 44.3 Å². The molecule has 378 valence electrons. The number of fused-ring (bicyclic) bond motifs is 2. The minimum atomic E-state index is -0.580. The van der Waals surface area contributed by atoms with Gasteiger partial charge in [0.15, 0.2) is 0 Å². The fourth-order valence-electron chi connectivity index (χ4n) is 8.62. The fraction of sp³-hybridized carbons (Fsp3) is 0.291.